The molecule has 0 aliphatic heterocycles. The molecule has 0 aromatic rings. The minimum atomic E-state index is -0.370. The highest BCUT2D eigenvalue weighted by Gasteiger charge is 2.54. The molecule has 2 aliphatic carbocycles. The Morgan fingerprint density at radius 1 is 1.41 bits per heavy atom. The summed E-state index contributed by atoms with van der Waals surface area (Å²) < 4.78 is 0. The highest BCUT2D eigenvalue weighted by atomic mass is 16.3. The summed E-state index contributed by atoms with van der Waals surface area (Å²) in [5.41, 5.74) is 1.09. The minimum Gasteiger partial charge on any atom is -0.389 e. The molecule has 0 spiro atoms. The molecule has 4 atom stereocenters. The summed E-state index contributed by atoms with van der Waals surface area (Å²) in [6.07, 6.45) is 4.16. The van der Waals surface area contributed by atoms with E-state index >= 15 is 0 Å². The van der Waals surface area contributed by atoms with Gasteiger partial charge in [0.1, 0.15) is 6.61 Å². The fourth-order valence-electron chi connectivity index (χ4n) is 3.94. The molecule has 0 aromatic carbocycles. The third kappa shape index (κ3) is 1.61. The van der Waals surface area contributed by atoms with Crippen molar-refractivity contribution in [1.82, 2.24) is 0 Å². The van der Waals surface area contributed by atoms with E-state index in [4.69, 9.17) is 0 Å². The highest BCUT2D eigenvalue weighted by Crippen LogP contribution is 2.60. The van der Waals surface area contributed by atoms with Crippen LogP contribution in [-0.2, 0) is 4.79 Å². The maximum atomic E-state index is 12.0. The van der Waals surface area contributed by atoms with Crippen molar-refractivity contribution < 1.29 is 9.90 Å². The lowest BCUT2D eigenvalue weighted by atomic mass is 9.48. The second kappa shape index (κ2) is 3.94. The Morgan fingerprint density at radius 3 is 2.65 bits per heavy atom. The standard InChI is InChI=1S/C15H24O2/c1-10-5-6-12-11(2)14(10,3)7-8-15(12,4)13(17)9-16/h10,12,16H,2,5-9H2,1,3-4H3. The van der Waals surface area contributed by atoms with E-state index in [9.17, 15) is 9.90 Å². The molecule has 2 bridgehead atoms. The van der Waals surface area contributed by atoms with Gasteiger partial charge in [0.25, 0.3) is 0 Å². The predicted molar refractivity (Wildman–Crippen MR) is 68.6 cm³/mol. The van der Waals surface area contributed by atoms with Crippen LogP contribution in [0.25, 0.3) is 0 Å². The van der Waals surface area contributed by atoms with Crippen molar-refractivity contribution in [2.75, 3.05) is 6.61 Å². The van der Waals surface area contributed by atoms with Crippen LogP contribution in [0.1, 0.15) is 46.5 Å². The van der Waals surface area contributed by atoms with Gasteiger partial charge in [0, 0.05) is 5.41 Å². The van der Waals surface area contributed by atoms with Crippen LogP contribution in [0.15, 0.2) is 12.2 Å². The number of aliphatic hydroxyl groups excluding tert-OH is 1. The van der Waals surface area contributed by atoms with Gasteiger partial charge < -0.3 is 5.11 Å². The van der Waals surface area contributed by atoms with E-state index in [1.54, 1.807) is 0 Å². The van der Waals surface area contributed by atoms with Crippen molar-refractivity contribution in [3.63, 3.8) is 0 Å². The third-order valence-electron chi connectivity index (χ3n) is 5.84. The number of hydrogen-bond acceptors (Lipinski definition) is 2. The topological polar surface area (TPSA) is 37.3 Å². The average molecular weight is 236 g/mol. The molecule has 2 fully saturated rings. The van der Waals surface area contributed by atoms with Crippen molar-refractivity contribution in [2.24, 2.45) is 22.7 Å². The highest BCUT2D eigenvalue weighted by molar-refractivity contribution is 5.86. The molecule has 0 aromatic heterocycles. The predicted octanol–water partition coefficient (Wildman–Crippen LogP) is 2.96. The average Bonchev–Trinajstić information content (AvgIpc) is 2.31. The molecule has 1 N–H and O–H groups in total. The summed E-state index contributed by atoms with van der Waals surface area (Å²) in [4.78, 5) is 12.0. The number of hydrogen-bond donors (Lipinski definition) is 1. The van der Waals surface area contributed by atoms with Gasteiger partial charge in [-0.2, -0.15) is 0 Å². The number of Topliss-reactive ketones (excluding diaryl/α,β-unsaturated/α-hetero) is 1. The molecular weight excluding hydrogens is 212 g/mol. The number of fused-ring (bicyclic) bond motifs is 2. The van der Waals surface area contributed by atoms with Crippen molar-refractivity contribution in [3.8, 4) is 0 Å². The Morgan fingerprint density at radius 2 is 2.06 bits per heavy atom. The summed E-state index contributed by atoms with van der Waals surface area (Å²) >= 11 is 0. The normalized spacial score (nSPS) is 45.8. The van der Waals surface area contributed by atoms with Gasteiger partial charge >= 0.3 is 0 Å². The Kier molecular flexibility index (Phi) is 2.97. The van der Waals surface area contributed by atoms with Gasteiger partial charge in [0.15, 0.2) is 5.78 Å². The van der Waals surface area contributed by atoms with Gasteiger partial charge in [-0.15, -0.1) is 0 Å². The van der Waals surface area contributed by atoms with Gasteiger partial charge in [0.05, 0.1) is 0 Å². The van der Waals surface area contributed by atoms with Crippen LogP contribution in [0.2, 0.25) is 0 Å². The maximum absolute atomic E-state index is 12.0. The Bertz CT molecular complexity index is 360. The van der Waals surface area contributed by atoms with Crippen LogP contribution < -0.4 is 0 Å². The van der Waals surface area contributed by atoms with E-state index in [-0.39, 0.29) is 29.1 Å². The molecule has 2 rings (SSSR count). The van der Waals surface area contributed by atoms with Crippen LogP contribution in [0.5, 0.6) is 0 Å². The lowest BCUT2D eigenvalue weighted by Crippen LogP contribution is -2.51. The molecule has 0 heterocycles. The zero-order valence-electron chi connectivity index (χ0n) is 11.3. The molecule has 2 heteroatoms. The zero-order valence-corrected chi connectivity index (χ0v) is 11.3. The number of rotatable bonds is 2. The fourth-order valence-corrected chi connectivity index (χ4v) is 3.94. The summed E-state index contributed by atoms with van der Waals surface area (Å²) in [5.74, 6) is 0.942. The first kappa shape index (κ1) is 12.8. The van der Waals surface area contributed by atoms with Crippen LogP contribution >= 0.6 is 0 Å². The number of aliphatic hydroxyl groups is 1. The monoisotopic (exact) mass is 236 g/mol. The van der Waals surface area contributed by atoms with Gasteiger partial charge in [-0.1, -0.05) is 32.9 Å². The molecule has 4 unspecified atom stereocenters. The fraction of sp³-hybridized carbons (Fsp3) is 0.800. The van der Waals surface area contributed by atoms with E-state index in [2.05, 4.69) is 20.4 Å². The summed E-state index contributed by atoms with van der Waals surface area (Å²) in [6, 6.07) is 0. The van der Waals surface area contributed by atoms with Crippen LogP contribution in [0, 0.1) is 22.7 Å². The van der Waals surface area contributed by atoms with E-state index in [1.165, 1.54) is 12.0 Å². The van der Waals surface area contributed by atoms with Crippen LogP contribution in [0.4, 0.5) is 0 Å². The molecule has 2 nitrogen and oxygen atoms in total. The summed E-state index contributed by atoms with van der Waals surface area (Å²) in [6.45, 7) is 10.6. The molecule has 0 radical (unpaired) electrons. The smallest absolute Gasteiger partial charge is 0.164 e. The lowest BCUT2D eigenvalue weighted by Gasteiger charge is -2.56. The lowest BCUT2D eigenvalue weighted by molar-refractivity contribution is -0.137. The van der Waals surface area contributed by atoms with Crippen molar-refractivity contribution in [1.29, 1.82) is 0 Å². The van der Waals surface area contributed by atoms with Gasteiger partial charge in [-0.3, -0.25) is 4.79 Å². The van der Waals surface area contributed by atoms with Crippen LogP contribution in [-0.4, -0.2) is 17.5 Å². The Hall–Kier alpha value is -0.630. The van der Waals surface area contributed by atoms with Gasteiger partial charge in [-0.25, -0.2) is 0 Å². The minimum absolute atomic E-state index is 0.000234. The largest absolute Gasteiger partial charge is 0.389 e. The van der Waals surface area contributed by atoms with E-state index in [0.717, 1.165) is 19.3 Å². The van der Waals surface area contributed by atoms with Crippen molar-refractivity contribution in [2.45, 2.75) is 46.5 Å². The first-order valence-corrected chi connectivity index (χ1v) is 6.69. The molecule has 2 saturated carbocycles. The zero-order chi connectivity index (χ0) is 12.8. The van der Waals surface area contributed by atoms with Gasteiger partial charge in [-0.05, 0) is 42.9 Å². The summed E-state index contributed by atoms with van der Waals surface area (Å²) in [5, 5.41) is 9.17. The van der Waals surface area contributed by atoms with E-state index in [0.29, 0.717) is 5.92 Å². The number of carbonyl (C=O) groups excluding carboxylic acids is 1. The Labute approximate surface area is 104 Å². The SMILES string of the molecule is C=C1C2CCC(C)C1(C)CCC2(C)C(=O)CO. The molecule has 0 saturated heterocycles. The first-order chi connectivity index (χ1) is 7.86. The number of allylic oxidation sites excluding steroid dienone is 1. The van der Waals surface area contributed by atoms with E-state index in [1.807, 2.05) is 6.92 Å². The van der Waals surface area contributed by atoms with Crippen LogP contribution in [0.3, 0.4) is 0 Å². The molecule has 17 heavy (non-hydrogen) atoms. The second-order valence-electron chi connectivity index (χ2n) is 6.47. The second-order valence-corrected chi connectivity index (χ2v) is 6.47. The van der Waals surface area contributed by atoms with Crippen molar-refractivity contribution >= 4 is 5.78 Å². The summed E-state index contributed by atoms with van der Waals surface area (Å²) in [7, 11) is 0. The third-order valence-corrected chi connectivity index (χ3v) is 5.84. The Balaban J connectivity index is 2.35. The first-order valence-electron chi connectivity index (χ1n) is 6.69. The van der Waals surface area contributed by atoms with Gasteiger partial charge in [0.2, 0.25) is 0 Å². The molecule has 2 aliphatic rings. The molecule has 0 amide bonds. The van der Waals surface area contributed by atoms with Crippen molar-refractivity contribution in [3.05, 3.63) is 12.2 Å². The molecular formula is C15H24O2. The maximum Gasteiger partial charge on any atom is 0.164 e. The quantitative estimate of drug-likeness (QED) is 0.748. The number of carbonyl (C=O) groups is 1. The molecule has 96 valence electrons. The van der Waals surface area contributed by atoms with E-state index < -0.39 is 0 Å². The number of ketones is 1.